The van der Waals surface area contributed by atoms with Crippen molar-refractivity contribution < 1.29 is 23.5 Å². The Balaban J connectivity index is 1.27. The maximum Gasteiger partial charge on any atom is 0.254 e. The van der Waals surface area contributed by atoms with Crippen LogP contribution in [0.3, 0.4) is 0 Å². The van der Waals surface area contributed by atoms with Gasteiger partial charge in [-0.1, -0.05) is 18.2 Å². The monoisotopic (exact) mass is 413 g/mol. The Kier molecular flexibility index (Phi) is 4.43. The number of hydrogen-bond donors (Lipinski definition) is 0. The number of carbonyl (C=O) groups excluding carboxylic acids is 3. The van der Waals surface area contributed by atoms with E-state index in [0.717, 1.165) is 0 Å². The van der Waals surface area contributed by atoms with Crippen LogP contribution in [0.25, 0.3) is 0 Å². The average Bonchev–Trinajstić information content (AvgIpc) is 3.41. The van der Waals surface area contributed by atoms with Crippen LogP contribution < -0.4 is 0 Å². The number of rotatable bonds is 3. The number of carbonyl (C=O) groups is 3. The molecule has 1 spiro atoms. The van der Waals surface area contributed by atoms with Crippen LogP contribution in [0.2, 0.25) is 0 Å². The van der Waals surface area contributed by atoms with Gasteiger partial charge in [-0.05, 0) is 25.1 Å². The minimum absolute atomic E-state index is 0.0115. The van der Waals surface area contributed by atoms with Gasteiger partial charge in [0.15, 0.2) is 0 Å². The summed E-state index contributed by atoms with van der Waals surface area (Å²) in [5.41, 5.74) is -0.368. The summed E-state index contributed by atoms with van der Waals surface area (Å²) in [5, 5.41) is 0. The van der Waals surface area contributed by atoms with Crippen molar-refractivity contribution in [2.75, 3.05) is 39.3 Å². The van der Waals surface area contributed by atoms with Crippen LogP contribution in [0.5, 0.6) is 0 Å². The molecule has 0 aromatic heterocycles. The third-order valence-corrected chi connectivity index (χ3v) is 6.80. The smallest absolute Gasteiger partial charge is 0.254 e. The van der Waals surface area contributed by atoms with Gasteiger partial charge in [0.1, 0.15) is 11.4 Å². The molecule has 0 aliphatic carbocycles. The molecule has 5 rings (SSSR count). The van der Waals surface area contributed by atoms with Crippen LogP contribution in [-0.4, -0.2) is 83.4 Å². The fourth-order valence-electron chi connectivity index (χ4n) is 5.27. The number of fused-ring (bicyclic) bond motifs is 1. The van der Waals surface area contributed by atoms with Gasteiger partial charge in [0.05, 0.1) is 24.5 Å². The average molecular weight is 413 g/mol. The molecule has 30 heavy (non-hydrogen) atoms. The molecule has 4 atom stereocenters. The van der Waals surface area contributed by atoms with Crippen LogP contribution in [0.1, 0.15) is 17.3 Å². The standard InChI is InChI=1S/C22H24FN3O4/c1-2-24-13-22-7-6-16(30-22)17(18(22)21(24)29)20(28)26-10-8-25(9-11-26)19(27)14-4-3-5-15(23)12-14/h3-7,12,16-18H,2,8-11,13H2,1H3/t16-,17+,18-,22-/m1/s1. The Morgan fingerprint density at radius 3 is 2.63 bits per heavy atom. The van der Waals surface area contributed by atoms with E-state index in [1.807, 2.05) is 19.1 Å². The highest BCUT2D eigenvalue weighted by Crippen LogP contribution is 2.52. The van der Waals surface area contributed by atoms with Gasteiger partial charge in [-0.15, -0.1) is 0 Å². The second-order valence-electron chi connectivity index (χ2n) is 8.38. The molecular weight excluding hydrogens is 389 g/mol. The fourth-order valence-corrected chi connectivity index (χ4v) is 5.27. The predicted molar refractivity (Wildman–Crippen MR) is 105 cm³/mol. The first-order valence-electron chi connectivity index (χ1n) is 10.4. The van der Waals surface area contributed by atoms with Crippen LogP contribution >= 0.6 is 0 Å². The molecule has 0 saturated carbocycles. The first-order valence-corrected chi connectivity index (χ1v) is 10.4. The Morgan fingerprint density at radius 1 is 1.20 bits per heavy atom. The van der Waals surface area contributed by atoms with E-state index < -0.39 is 23.3 Å². The van der Waals surface area contributed by atoms with Crippen molar-refractivity contribution in [3.05, 3.63) is 47.8 Å². The van der Waals surface area contributed by atoms with Crippen molar-refractivity contribution >= 4 is 17.7 Å². The first-order chi connectivity index (χ1) is 14.4. The van der Waals surface area contributed by atoms with E-state index in [1.165, 1.54) is 18.2 Å². The van der Waals surface area contributed by atoms with Crippen molar-refractivity contribution in [2.24, 2.45) is 11.8 Å². The second-order valence-corrected chi connectivity index (χ2v) is 8.38. The van der Waals surface area contributed by atoms with Crippen molar-refractivity contribution in [1.82, 2.24) is 14.7 Å². The van der Waals surface area contributed by atoms with E-state index in [1.54, 1.807) is 20.8 Å². The van der Waals surface area contributed by atoms with Gasteiger partial charge in [-0.25, -0.2) is 4.39 Å². The van der Waals surface area contributed by atoms with Gasteiger partial charge in [0, 0.05) is 38.3 Å². The Hall–Kier alpha value is -2.74. The lowest BCUT2D eigenvalue weighted by atomic mass is 9.76. The molecule has 4 aliphatic heterocycles. The highest BCUT2D eigenvalue weighted by atomic mass is 19.1. The molecule has 3 fully saturated rings. The highest BCUT2D eigenvalue weighted by molar-refractivity contribution is 5.95. The highest BCUT2D eigenvalue weighted by Gasteiger charge is 2.67. The lowest BCUT2D eigenvalue weighted by Crippen LogP contribution is -2.54. The molecule has 0 unspecified atom stereocenters. The van der Waals surface area contributed by atoms with Crippen LogP contribution in [0.4, 0.5) is 4.39 Å². The topological polar surface area (TPSA) is 70.2 Å². The molecule has 3 amide bonds. The lowest BCUT2D eigenvalue weighted by molar-refractivity contribution is -0.144. The fraction of sp³-hybridized carbons (Fsp3) is 0.500. The minimum atomic E-state index is -0.673. The number of amides is 3. The number of ether oxygens (including phenoxy) is 1. The molecule has 2 bridgehead atoms. The van der Waals surface area contributed by atoms with E-state index >= 15 is 0 Å². The molecular formula is C22H24FN3O4. The van der Waals surface area contributed by atoms with E-state index in [-0.39, 0.29) is 23.8 Å². The SMILES string of the molecule is CCN1C[C@@]23C=C[C@@H](O2)[C@H](C(=O)N2CCN(C(=O)c4cccc(F)c4)CC2)[C@@H]3C1=O. The molecule has 1 aromatic rings. The van der Waals surface area contributed by atoms with Crippen LogP contribution in [-0.2, 0) is 14.3 Å². The van der Waals surface area contributed by atoms with Gasteiger partial charge >= 0.3 is 0 Å². The van der Waals surface area contributed by atoms with Gasteiger partial charge < -0.3 is 19.4 Å². The molecule has 0 N–H and O–H groups in total. The van der Waals surface area contributed by atoms with E-state index in [4.69, 9.17) is 4.74 Å². The first kappa shape index (κ1) is 19.2. The number of likely N-dealkylation sites (tertiary alicyclic amines) is 1. The Labute approximate surface area is 174 Å². The summed E-state index contributed by atoms with van der Waals surface area (Å²) in [5.74, 6) is -1.76. The third-order valence-electron chi connectivity index (χ3n) is 6.80. The third kappa shape index (κ3) is 2.77. The van der Waals surface area contributed by atoms with Gasteiger partial charge in [0.25, 0.3) is 5.91 Å². The summed E-state index contributed by atoms with van der Waals surface area (Å²) in [6.07, 6.45) is 3.50. The summed E-state index contributed by atoms with van der Waals surface area (Å²) in [4.78, 5) is 44.0. The van der Waals surface area contributed by atoms with Crippen molar-refractivity contribution in [3.8, 4) is 0 Å². The summed E-state index contributed by atoms with van der Waals surface area (Å²) in [6, 6.07) is 5.63. The molecule has 3 saturated heterocycles. The summed E-state index contributed by atoms with van der Waals surface area (Å²) < 4.78 is 19.5. The molecule has 7 nitrogen and oxygen atoms in total. The zero-order valence-electron chi connectivity index (χ0n) is 16.8. The Morgan fingerprint density at radius 2 is 1.93 bits per heavy atom. The van der Waals surface area contributed by atoms with E-state index in [0.29, 0.717) is 44.8 Å². The van der Waals surface area contributed by atoms with E-state index in [2.05, 4.69) is 0 Å². The number of likely N-dealkylation sites (N-methyl/N-ethyl adjacent to an activating group) is 1. The number of nitrogens with zero attached hydrogens (tertiary/aromatic N) is 3. The molecule has 1 aromatic carbocycles. The number of hydrogen-bond acceptors (Lipinski definition) is 4. The van der Waals surface area contributed by atoms with E-state index in [9.17, 15) is 18.8 Å². The maximum absolute atomic E-state index is 13.4. The molecule has 4 heterocycles. The summed E-state index contributed by atoms with van der Waals surface area (Å²) in [7, 11) is 0. The van der Waals surface area contributed by atoms with Crippen LogP contribution in [0, 0.1) is 17.7 Å². The number of benzene rings is 1. The predicted octanol–water partition coefficient (Wildman–Crippen LogP) is 0.912. The molecule has 158 valence electrons. The van der Waals surface area contributed by atoms with Gasteiger partial charge in [-0.2, -0.15) is 0 Å². The molecule has 8 heteroatoms. The number of halogens is 1. The van der Waals surface area contributed by atoms with Crippen molar-refractivity contribution in [3.63, 3.8) is 0 Å². The lowest BCUT2D eigenvalue weighted by Gasteiger charge is -2.37. The van der Waals surface area contributed by atoms with Crippen molar-refractivity contribution in [2.45, 2.75) is 18.6 Å². The maximum atomic E-state index is 13.4. The normalized spacial score (nSPS) is 32.1. The zero-order chi connectivity index (χ0) is 21.0. The summed E-state index contributed by atoms with van der Waals surface area (Å²) in [6.45, 7) is 4.55. The van der Waals surface area contributed by atoms with Crippen LogP contribution in [0.15, 0.2) is 36.4 Å². The largest absolute Gasteiger partial charge is 0.360 e. The minimum Gasteiger partial charge on any atom is -0.360 e. The quantitative estimate of drug-likeness (QED) is 0.691. The number of piperazine rings is 1. The molecule has 4 aliphatic rings. The Bertz CT molecular complexity index is 942. The second kappa shape index (κ2) is 6.91. The van der Waals surface area contributed by atoms with Gasteiger partial charge in [0.2, 0.25) is 11.8 Å². The van der Waals surface area contributed by atoms with Crippen molar-refractivity contribution in [1.29, 1.82) is 0 Å². The zero-order valence-corrected chi connectivity index (χ0v) is 16.8. The van der Waals surface area contributed by atoms with Gasteiger partial charge in [-0.3, -0.25) is 14.4 Å². The summed E-state index contributed by atoms with van der Waals surface area (Å²) >= 11 is 0. The molecule has 0 radical (unpaired) electrons.